The smallest absolute Gasteiger partial charge is 0.356 e. The molecule has 0 amide bonds. The van der Waals surface area contributed by atoms with Gasteiger partial charge < -0.3 is 10.2 Å². The Morgan fingerprint density at radius 3 is 2.71 bits per heavy atom. The molecule has 0 bridgehead atoms. The van der Waals surface area contributed by atoms with Crippen molar-refractivity contribution >= 4 is 17.2 Å². The second-order valence-corrected chi connectivity index (χ2v) is 7.19. The van der Waals surface area contributed by atoms with Gasteiger partial charge in [0.2, 0.25) is 5.82 Å². The highest BCUT2D eigenvalue weighted by atomic mass is 16.6. The van der Waals surface area contributed by atoms with E-state index in [0.29, 0.717) is 5.65 Å². The molecule has 2 atom stereocenters. The Labute approximate surface area is 161 Å². The summed E-state index contributed by atoms with van der Waals surface area (Å²) in [5, 5.41) is 14.9. The molecule has 4 rings (SSSR count). The van der Waals surface area contributed by atoms with Gasteiger partial charge in [-0.2, -0.15) is 0 Å². The number of nitrogens with zero attached hydrogens (tertiary/aromatic N) is 4. The molecule has 2 aromatic heterocycles. The molecule has 144 valence electrons. The number of anilines is 1. The number of hydrogen-bond donors (Lipinski definition) is 1. The van der Waals surface area contributed by atoms with Crippen LogP contribution in [0.2, 0.25) is 0 Å². The van der Waals surface area contributed by atoms with Crippen molar-refractivity contribution in [2.75, 3.05) is 19.4 Å². The molecule has 0 aliphatic heterocycles. The molecule has 0 radical (unpaired) electrons. The third-order valence-electron chi connectivity index (χ3n) is 5.33. The van der Waals surface area contributed by atoms with Crippen LogP contribution in [0.4, 0.5) is 11.5 Å². The zero-order chi connectivity index (χ0) is 19.8. The van der Waals surface area contributed by atoms with E-state index in [9.17, 15) is 14.9 Å². The van der Waals surface area contributed by atoms with Gasteiger partial charge in [0.25, 0.3) is 0 Å². The van der Waals surface area contributed by atoms with Gasteiger partial charge in [-0.25, -0.2) is 4.98 Å². The van der Waals surface area contributed by atoms with Crippen LogP contribution >= 0.6 is 0 Å². The Hall–Kier alpha value is -3.26. The van der Waals surface area contributed by atoms with Crippen molar-refractivity contribution in [3.8, 4) is 0 Å². The molecule has 0 spiro atoms. The Morgan fingerprint density at radius 2 is 1.96 bits per heavy atom. The monoisotopic (exact) mass is 379 g/mol. The summed E-state index contributed by atoms with van der Waals surface area (Å²) in [5.74, 6) is 0.00903. The Morgan fingerprint density at radius 1 is 1.21 bits per heavy atom. The first-order chi connectivity index (χ1) is 13.5. The first-order valence-electron chi connectivity index (χ1n) is 9.14. The first kappa shape index (κ1) is 18.1. The maximum absolute atomic E-state index is 12.7. The molecule has 3 aromatic rings. The minimum Gasteiger partial charge on any atom is -0.356 e. The number of likely N-dealkylation sites (N-methyl/N-ethyl adjacent to an activating group) is 1. The van der Waals surface area contributed by atoms with Crippen molar-refractivity contribution in [1.82, 2.24) is 14.3 Å². The molecule has 1 aliphatic rings. The SMILES string of the molecule is CN(C)[C@@H]1CCc2ccccc2[C@H]1Nc1nc2ccccn2c(=O)c1[N+](=O)[O-]. The fourth-order valence-corrected chi connectivity index (χ4v) is 3.97. The third kappa shape index (κ3) is 3.01. The van der Waals surface area contributed by atoms with Crippen molar-refractivity contribution in [2.24, 2.45) is 0 Å². The van der Waals surface area contributed by atoms with E-state index in [1.807, 2.05) is 32.3 Å². The summed E-state index contributed by atoms with van der Waals surface area (Å²) in [7, 11) is 3.98. The molecule has 8 nitrogen and oxygen atoms in total. The second kappa shape index (κ2) is 7.05. The van der Waals surface area contributed by atoms with E-state index >= 15 is 0 Å². The van der Waals surface area contributed by atoms with Gasteiger partial charge in [0.15, 0.2) is 0 Å². The zero-order valence-corrected chi connectivity index (χ0v) is 15.7. The Bertz CT molecular complexity index is 1110. The summed E-state index contributed by atoms with van der Waals surface area (Å²) >= 11 is 0. The summed E-state index contributed by atoms with van der Waals surface area (Å²) in [6.45, 7) is 0. The molecule has 0 saturated carbocycles. The lowest BCUT2D eigenvalue weighted by atomic mass is 9.83. The van der Waals surface area contributed by atoms with Crippen LogP contribution in [0.1, 0.15) is 23.6 Å². The van der Waals surface area contributed by atoms with E-state index in [4.69, 9.17) is 0 Å². The molecule has 8 heteroatoms. The lowest BCUT2D eigenvalue weighted by Crippen LogP contribution is -2.41. The number of nitrogens with one attached hydrogen (secondary N) is 1. The van der Waals surface area contributed by atoms with Crippen LogP contribution < -0.4 is 10.9 Å². The van der Waals surface area contributed by atoms with Crippen LogP contribution in [0, 0.1) is 10.1 Å². The summed E-state index contributed by atoms with van der Waals surface area (Å²) < 4.78 is 1.20. The number of aromatic nitrogens is 2. The predicted molar refractivity (Wildman–Crippen MR) is 107 cm³/mol. The normalized spacial score (nSPS) is 18.8. The van der Waals surface area contributed by atoms with Gasteiger partial charge in [-0.15, -0.1) is 0 Å². The van der Waals surface area contributed by atoms with E-state index in [0.717, 1.165) is 18.4 Å². The summed E-state index contributed by atoms with van der Waals surface area (Å²) in [5.41, 5.74) is 1.43. The molecule has 0 saturated heterocycles. The van der Waals surface area contributed by atoms with E-state index in [1.54, 1.807) is 18.2 Å². The number of rotatable bonds is 4. The van der Waals surface area contributed by atoms with Crippen molar-refractivity contribution in [3.63, 3.8) is 0 Å². The largest absolute Gasteiger partial charge is 0.376 e. The van der Waals surface area contributed by atoms with Gasteiger partial charge >= 0.3 is 11.2 Å². The minimum atomic E-state index is -0.691. The zero-order valence-electron chi connectivity index (χ0n) is 15.7. The van der Waals surface area contributed by atoms with Gasteiger partial charge in [0.1, 0.15) is 5.65 Å². The minimum absolute atomic E-state index is 0.00903. The predicted octanol–water partition coefficient (Wildman–Crippen LogP) is 2.63. The van der Waals surface area contributed by atoms with Crippen LogP contribution in [0.25, 0.3) is 5.65 Å². The van der Waals surface area contributed by atoms with E-state index in [2.05, 4.69) is 21.3 Å². The first-order valence-corrected chi connectivity index (χ1v) is 9.14. The standard InChI is InChI=1S/C20H21N5O3/c1-23(2)15-11-10-13-7-3-4-8-14(13)17(15)22-19-18(25(27)28)20(26)24-12-6-5-9-16(24)21-19/h3-9,12,15,17,22H,10-11H2,1-2H3/t15-,17-/m1/s1. The van der Waals surface area contributed by atoms with Crippen molar-refractivity contribution < 1.29 is 4.92 Å². The summed E-state index contributed by atoms with van der Waals surface area (Å²) in [4.78, 5) is 30.3. The fourth-order valence-electron chi connectivity index (χ4n) is 3.97. The van der Waals surface area contributed by atoms with Crippen LogP contribution in [0.3, 0.4) is 0 Å². The van der Waals surface area contributed by atoms with Crippen molar-refractivity contribution in [2.45, 2.75) is 24.9 Å². The molecule has 0 fully saturated rings. The lowest BCUT2D eigenvalue weighted by molar-refractivity contribution is -0.385. The number of benzene rings is 1. The number of fused-ring (bicyclic) bond motifs is 2. The summed E-state index contributed by atoms with van der Waals surface area (Å²) in [6, 6.07) is 13.0. The molecular weight excluding hydrogens is 358 g/mol. The second-order valence-electron chi connectivity index (χ2n) is 7.19. The van der Waals surface area contributed by atoms with Crippen LogP contribution in [0.15, 0.2) is 53.5 Å². The van der Waals surface area contributed by atoms with Crippen molar-refractivity contribution in [3.05, 3.63) is 80.3 Å². The maximum atomic E-state index is 12.7. The van der Waals surface area contributed by atoms with Gasteiger partial charge in [0, 0.05) is 12.2 Å². The Kier molecular flexibility index (Phi) is 4.56. The number of pyridine rings is 1. The molecule has 2 heterocycles. The highest BCUT2D eigenvalue weighted by Crippen LogP contribution is 2.35. The third-order valence-corrected chi connectivity index (χ3v) is 5.33. The van der Waals surface area contributed by atoms with Gasteiger partial charge in [-0.3, -0.25) is 19.3 Å². The average molecular weight is 379 g/mol. The molecule has 1 N–H and O–H groups in total. The molecule has 1 aromatic carbocycles. The number of aryl methyl sites for hydroxylation is 1. The van der Waals surface area contributed by atoms with E-state index in [-0.39, 0.29) is 17.9 Å². The Balaban J connectivity index is 1.87. The van der Waals surface area contributed by atoms with Gasteiger partial charge in [-0.05, 0) is 50.2 Å². The lowest BCUT2D eigenvalue weighted by Gasteiger charge is -2.38. The average Bonchev–Trinajstić information content (AvgIpc) is 2.68. The molecule has 0 unspecified atom stereocenters. The van der Waals surface area contributed by atoms with E-state index < -0.39 is 16.2 Å². The van der Waals surface area contributed by atoms with Crippen LogP contribution in [-0.2, 0) is 6.42 Å². The highest BCUT2D eigenvalue weighted by molar-refractivity contribution is 5.61. The topological polar surface area (TPSA) is 92.8 Å². The van der Waals surface area contributed by atoms with Crippen LogP contribution in [-0.4, -0.2) is 39.3 Å². The van der Waals surface area contributed by atoms with Gasteiger partial charge in [-0.1, -0.05) is 30.3 Å². The molecule has 1 aliphatic carbocycles. The maximum Gasteiger partial charge on any atom is 0.376 e. The number of hydrogen-bond acceptors (Lipinski definition) is 6. The van der Waals surface area contributed by atoms with Crippen LogP contribution in [0.5, 0.6) is 0 Å². The fraction of sp³-hybridized carbons (Fsp3) is 0.300. The quantitative estimate of drug-likeness (QED) is 0.553. The van der Waals surface area contributed by atoms with Crippen molar-refractivity contribution in [1.29, 1.82) is 0 Å². The molecule has 28 heavy (non-hydrogen) atoms. The van der Waals surface area contributed by atoms with Gasteiger partial charge in [0.05, 0.1) is 11.0 Å². The highest BCUT2D eigenvalue weighted by Gasteiger charge is 2.34. The molecular formula is C20H21N5O3. The summed E-state index contributed by atoms with van der Waals surface area (Å²) in [6.07, 6.45) is 3.33. The van der Waals surface area contributed by atoms with E-state index in [1.165, 1.54) is 16.2 Å². The number of nitro groups is 1.